The van der Waals surface area contributed by atoms with E-state index in [4.69, 9.17) is 14.5 Å². The molecule has 34 heavy (non-hydrogen) atoms. The van der Waals surface area contributed by atoms with Crippen LogP contribution in [-0.2, 0) is 9.53 Å². The van der Waals surface area contributed by atoms with Gasteiger partial charge in [0, 0.05) is 44.1 Å². The fraction of sp³-hybridized carbons (Fsp3) is 0.435. The van der Waals surface area contributed by atoms with Crippen LogP contribution in [0.25, 0.3) is 16.8 Å². The first kappa shape index (κ1) is 20.7. The molecule has 0 radical (unpaired) electrons. The van der Waals surface area contributed by atoms with Crippen molar-refractivity contribution in [3.8, 4) is 17.0 Å². The first-order chi connectivity index (χ1) is 16.6. The monoisotopic (exact) mass is 463 g/mol. The fourth-order valence-electron chi connectivity index (χ4n) is 4.26. The summed E-state index contributed by atoms with van der Waals surface area (Å²) < 4.78 is 13.2. The Labute approximate surface area is 195 Å². The number of ether oxygens (including phenoxy) is 2. The standard InChI is InChI=1S/C23H25N7O4/c31-20-12-16(13-25-20)34-23(32)29-10-8-28(9-11-29)19-5-7-30-21(27-19)18(14-26-30)17-2-1-6-24-22(17)33-15-3-4-15/h1-2,5-7,14-16H,3-4,8-13H2,(H,25,31). The van der Waals surface area contributed by atoms with Gasteiger partial charge in [-0.2, -0.15) is 5.10 Å². The molecule has 11 nitrogen and oxygen atoms in total. The van der Waals surface area contributed by atoms with E-state index in [1.54, 1.807) is 21.8 Å². The predicted molar refractivity (Wildman–Crippen MR) is 122 cm³/mol. The van der Waals surface area contributed by atoms with E-state index in [1.165, 1.54) is 0 Å². The molecule has 6 rings (SSSR count). The molecular weight excluding hydrogens is 438 g/mol. The number of hydrogen-bond donors (Lipinski definition) is 1. The molecule has 2 amide bonds. The first-order valence-electron chi connectivity index (χ1n) is 11.6. The van der Waals surface area contributed by atoms with Crippen molar-refractivity contribution in [1.82, 2.24) is 29.8 Å². The number of aromatic nitrogens is 4. The molecule has 3 aromatic rings. The van der Waals surface area contributed by atoms with Crippen LogP contribution >= 0.6 is 0 Å². The quantitative estimate of drug-likeness (QED) is 0.605. The lowest BCUT2D eigenvalue weighted by Gasteiger charge is -2.35. The van der Waals surface area contributed by atoms with Gasteiger partial charge in [-0.05, 0) is 31.0 Å². The van der Waals surface area contributed by atoms with Gasteiger partial charge < -0.3 is 24.6 Å². The summed E-state index contributed by atoms with van der Waals surface area (Å²) in [6.45, 7) is 2.69. The Bertz CT molecular complexity index is 1230. The van der Waals surface area contributed by atoms with Gasteiger partial charge in [-0.25, -0.2) is 19.3 Å². The highest BCUT2D eigenvalue weighted by molar-refractivity contribution is 5.81. The number of rotatable bonds is 5. The number of amides is 2. The van der Waals surface area contributed by atoms with E-state index in [9.17, 15) is 9.59 Å². The highest BCUT2D eigenvalue weighted by Crippen LogP contribution is 2.35. The number of piperazine rings is 1. The molecule has 0 aromatic carbocycles. The van der Waals surface area contributed by atoms with Crippen LogP contribution in [0.15, 0.2) is 36.8 Å². The average Bonchev–Trinajstić information content (AvgIpc) is 3.43. The molecule has 176 valence electrons. The second-order valence-electron chi connectivity index (χ2n) is 8.77. The predicted octanol–water partition coefficient (Wildman–Crippen LogP) is 1.48. The summed E-state index contributed by atoms with van der Waals surface area (Å²) in [5.74, 6) is 1.35. The lowest BCUT2D eigenvalue weighted by Crippen LogP contribution is -2.49. The van der Waals surface area contributed by atoms with Crippen molar-refractivity contribution in [2.45, 2.75) is 31.5 Å². The summed E-state index contributed by atoms with van der Waals surface area (Å²) in [7, 11) is 0. The summed E-state index contributed by atoms with van der Waals surface area (Å²) in [5.41, 5.74) is 2.47. The summed E-state index contributed by atoms with van der Waals surface area (Å²) in [5, 5.41) is 7.14. The number of nitrogens with one attached hydrogen (secondary N) is 1. The van der Waals surface area contributed by atoms with Gasteiger partial charge in [0.25, 0.3) is 0 Å². The average molecular weight is 463 g/mol. The van der Waals surface area contributed by atoms with E-state index in [0.29, 0.717) is 38.6 Å². The molecular formula is C23H25N7O4. The number of fused-ring (bicyclic) bond motifs is 1. The van der Waals surface area contributed by atoms with Crippen LogP contribution in [0.3, 0.4) is 0 Å². The zero-order valence-corrected chi connectivity index (χ0v) is 18.6. The molecule has 1 saturated carbocycles. The molecule has 2 saturated heterocycles. The number of hydrogen-bond acceptors (Lipinski definition) is 8. The Kier molecular flexibility index (Phi) is 5.16. The van der Waals surface area contributed by atoms with E-state index >= 15 is 0 Å². The molecule has 1 atom stereocenters. The van der Waals surface area contributed by atoms with Gasteiger partial charge in [0.1, 0.15) is 18.0 Å². The van der Waals surface area contributed by atoms with Crippen LogP contribution in [0.4, 0.5) is 10.6 Å². The third kappa shape index (κ3) is 4.09. The van der Waals surface area contributed by atoms with Crippen molar-refractivity contribution in [2.24, 2.45) is 0 Å². The van der Waals surface area contributed by atoms with Crippen molar-refractivity contribution in [2.75, 3.05) is 37.6 Å². The Morgan fingerprint density at radius 1 is 1.09 bits per heavy atom. The van der Waals surface area contributed by atoms with E-state index in [-0.39, 0.29) is 30.6 Å². The minimum Gasteiger partial charge on any atom is -0.474 e. The summed E-state index contributed by atoms with van der Waals surface area (Å²) in [6, 6.07) is 5.80. The summed E-state index contributed by atoms with van der Waals surface area (Å²) in [4.78, 5) is 36.9. The Morgan fingerprint density at radius 3 is 2.71 bits per heavy atom. The molecule has 3 aromatic heterocycles. The molecule has 1 unspecified atom stereocenters. The number of anilines is 1. The maximum atomic E-state index is 12.5. The smallest absolute Gasteiger partial charge is 0.410 e. The maximum absolute atomic E-state index is 12.5. The van der Waals surface area contributed by atoms with Crippen LogP contribution in [-0.4, -0.2) is 81.4 Å². The summed E-state index contributed by atoms with van der Waals surface area (Å²) in [6.07, 6.45) is 7.25. The Morgan fingerprint density at radius 2 is 1.94 bits per heavy atom. The Balaban J connectivity index is 1.17. The zero-order valence-electron chi connectivity index (χ0n) is 18.6. The van der Waals surface area contributed by atoms with Gasteiger partial charge >= 0.3 is 6.09 Å². The minimum atomic E-state index is -0.386. The van der Waals surface area contributed by atoms with Crippen molar-refractivity contribution >= 4 is 23.5 Å². The molecule has 5 heterocycles. The normalized spacial score (nSPS) is 20.5. The van der Waals surface area contributed by atoms with E-state index < -0.39 is 0 Å². The molecule has 3 aliphatic rings. The van der Waals surface area contributed by atoms with E-state index in [1.807, 2.05) is 24.4 Å². The van der Waals surface area contributed by atoms with Gasteiger partial charge in [-0.1, -0.05) is 0 Å². The van der Waals surface area contributed by atoms with E-state index in [0.717, 1.165) is 35.4 Å². The molecule has 0 bridgehead atoms. The lowest BCUT2D eigenvalue weighted by atomic mass is 10.1. The van der Waals surface area contributed by atoms with Crippen molar-refractivity contribution in [3.05, 3.63) is 36.8 Å². The van der Waals surface area contributed by atoms with Crippen LogP contribution in [0, 0.1) is 0 Å². The molecule has 3 fully saturated rings. The van der Waals surface area contributed by atoms with Crippen molar-refractivity contribution in [3.63, 3.8) is 0 Å². The second kappa shape index (κ2) is 8.47. The number of carbonyl (C=O) groups is 2. The van der Waals surface area contributed by atoms with Crippen LogP contribution in [0.1, 0.15) is 19.3 Å². The highest BCUT2D eigenvalue weighted by atomic mass is 16.6. The minimum absolute atomic E-state index is 0.0826. The lowest BCUT2D eigenvalue weighted by molar-refractivity contribution is -0.119. The second-order valence-corrected chi connectivity index (χ2v) is 8.77. The van der Waals surface area contributed by atoms with E-state index in [2.05, 4.69) is 20.3 Å². The fourth-order valence-corrected chi connectivity index (χ4v) is 4.26. The molecule has 0 spiro atoms. The molecule has 1 aliphatic carbocycles. The largest absolute Gasteiger partial charge is 0.474 e. The van der Waals surface area contributed by atoms with Gasteiger partial charge in [0.15, 0.2) is 5.65 Å². The van der Waals surface area contributed by atoms with Crippen LogP contribution in [0.5, 0.6) is 5.88 Å². The first-order valence-corrected chi connectivity index (χ1v) is 11.6. The topological polar surface area (TPSA) is 114 Å². The van der Waals surface area contributed by atoms with Gasteiger partial charge in [0.2, 0.25) is 11.8 Å². The van der Waals surface area contributed by atoms with Crippen molar-refractivity contribution < 1.29 is 19.1 Å². The third-order valence-corrected chi connectivity index (χ3v) is 6.29. The zero-order chi connectivity index (χ0) is 23.1. The maximum Gasteiger partial charge on any atom is 0.410 e. The summed E-state index contributed by atoms with van der Waals surface area (Å²) >= 11 is 0. The number of carbonyl (C=O) groups excluding carboxylic acids is 2. The molecule has 2 aliphatic heterocycles. The molecule has 1 N–H and O–H groups in total. The van der Waals surface area contributed by atoms with Crippen LogP contribution in [0.2, 0.25) is 0 Å². The van der Waals surface area contributed by atoms with Crippen LogP contribution < -0.4 is 15.0 Å². The van der Waals surface area contributed by atoms with Gasteiger partial charge in [-0.3, -0.25) is 4.79 Å². The number of pyridine rings is 1. The van der Waals surface area contributed by atoms with Gasteiger partial charge in [-0.15, -0.1) is 0 Å². The SMILES string of the molecule is O=C1CC(OC(=O)N2CCN(c3ccn4ncc(-c5cccnc5OC5CC5)c4n3)CC2)CN1. The van der Waals surface area contributed by atoms with Gasteiger partial charge in [0.05, 0.1) is 24.7 Å². The number of nitrogens with zero attached hydrogens (tertiary/aromatic N) is 6. The Hall–Kier alpha value is -3.89. The molecule has 11 heteroatoms. The van der Waals surface area contributed by atoms with Crippen molar-refractivity contribution in [1.29, 1.82) is 0 Å². The third-order valence-electron chi connectivity index (χ3n) is 6.29. The highest BCUT2D eigenvalue weighted by Gasteiger charge is 2.30.